The first-order chi connectivity index (χ1) is 17.3. The highest BCUT2D eigenvalue weighted by atomic mass is 32.1. The maximum atomic E-state index is 12.8. The highest BCUT2D eigenvalue weighted by molar-refractivity contribution is 7.13. The summed E-state index contributed by atoms with van der Waals surface area (Å²) in [5.41, 5.74) is 3.45. The standard InChI is InChI=1S/C28H34N6OS/c1-28(2,3)25-19-23(32(4)30-25)27(35)29-21-11-9-20(10-12-21)13-14-33-15-17-34(18-16-33)26-22-7-5-6-8-24(22)36-31-26/h5-12,19H,13-18H2,1-4H3,(H,29,35). The molecule has 0 radical (unpaired) electrons. The van der Waals surface area contributed by atoms with Crippen LogP contribution in [0.2, 0.25) is 0 Å². The number of nitrogens with one attached hydrogen (secondary N) is 1. The zero-order valence-electron chi connectivity index (χ0n) is 21.5. The summed E-state index contributed by atoms with van der Waals surface area (Å²) in [7, 11) is 1.81. The van der Waals surface area contributed by atoms with Crippen molar-refractivity contribution in [3.05, 3.63) is 71.5 Å². The number of nitrogens with zero attached hydrogens (tertiary/aromatic N) is 5. The second-order valence-electron chi connectivity index (χ2n) is 10.5. The fourth-order valence-corrected chi connectivity index (χ4v) is 5.36. The summed E-state index contributed by atoms with van der Waals surface area (Å²) in [4.78, 5) is 17.7. The minimum atomic E-state index is -0.140. The van der Waals surface area contributed by atoms with Gasteiger partial charge in [0.25, 0.3) is 5.91 Å². The lowest BCUT2D eigenvalue weighted by molar-refractivity contribution is 0.101. The number of fused-ring (bicyclic) bond motifs is 1. The second kappa shape index (κ2) is 10.0. The summed E-state index contributed by atoms with van der Waals surface area (Å²) < 4.78 is 7.62. The Balaban J connectivity index is 1.11. The molecule has 1 saturated heterocycles. The van der Waals surface area contributed by atoms with Gasteiger partial charge in [0.15, 0.2) is 0 Å². The number of aryl methyl sites for hydroxylation is 1. The lowest BCUT2D eigenvalue weighted by atomic mass is 9.92. The van der Waals surface area contributed by atoms with Crippen LogP contribution in [0, 0.1) is 0 Å². The van der Waals surface area contributed by atoms with Crippen molar-refractivity contribution in [2.24, 2.45) is 7.05 Å². The van der Waals surface area contributed by atoms with Gasteiger partial charge in [0.2, 0.25) is 0 Å². The van der Waals surface area contributed by atoms with Gasteiger partial charge in [0.05, 0.1) is 10.4 Å². The van der Waals surface area contributed by atoms with Gasteiger partial charge in [-0.1, -0.05) is 45.0 Å². The van der Waals surface area contributed by atoms with E-state index in [1.807, 2.05) is 25.2 Å². The minimum absolute atomic E-state index is 0.0975. The number of hydrogen-bond acceptors (Lipinski definition) is 6. The number of amides is 1. The Labute approximate surface area is 216 Å². The number of rotatable bonds is 6. The van der Waals surface area contributed by atoms with Crippen molar-refractivity contribution in [3.63, 3.8) is 0 Å². The normalized spacial score (nSPS) is 14.9. The lowest BCUT2D eigenvalue weighted by Gasteiger charge is -2.35. The van der Waals surface area contributed by atoms with E-state index in [4.69, 9.17) is 4.37 Å². The fraction of sp³-hybridized carbons (Fsp3) is 0.393. The predicted molar refractivity (Wildman–Crippen MR) is 148 cm³/mol. The molecule has 3 heterocycles. The summed E-state index contributed by atoms with van der Waals surface area (Å²) in [6.45, 7) is 11.4. The zero-order chi connectivity index (χ0) is 25.3. The van der Waals surface area contributed by atoms with Gasteiger partial charge in [-0.2, -0.15) is 9.47 Å². The first-order valence-corrected chi connectivity index (χ1v) is 13.3. The molecule has 2 aromatic carbocycles. The molecule has 0 aliphatic carbocycles. The monoisotopic (exact) mass is 502 g/mol. The van der Waals surface area contributed by atoms with E-state index in [1.165, 1.54) is 15.6 Å². The number of hydrogen-bond donors (Lipinski definition) is 1. The summed E-state index contributed by atoms with van der Waals surface area (Å²) in [6, 6.07) is 18.5. The molecule has 1 amide bonds. The molecule has 7 nitrogen and oxygen atoms in total. The Morgan fingerprint density at radius 2 is 1.75 bits per heavy atom. The van der Waals surface area contributed by atoms with Crippen molar-refractivity contribution in [3.8, 4) is 0 Å². The third-order valence-corrected chi connectivity index (χ3v) is 7.66. The van der Waals surface area contributed by atoms with Gasteiger partial charge >= 0.3 is 0 Å². The van der Waals surface area contributed by atoms with Gasteiger partial charge in [-0.15, -0.1) is 0 Å². The summed E-state index contributed by atoms with van der Waals surface area (Å²) in [5.74, 6) is 0.993. The number of aromatic nitrogens is 3. The van der Waals surface area contributed by atoms with Gasteiger partial charge in [-0.25, -0.2) is 0 Å². The quantitative estimate of drug-likeness (QED) is 0.404. The van der Waals surface area contributed by atoms with Gasteiger partial charge in [-0.05, 0) is 53.8 Å². The van der Waals surface area contributed by atoms with Crippen LogP contribution in [0.4, 0.5) is 11.5 Å². The molecule has 0 unspecified atom stereocenters. The van der Waals surface area contributed by atoms with Gasteiger partial charge in [0.1, 0.15) is 11.5 Å². The lowest BCUT2D eigenvalue weighted by Crippen LogP contribution is -2.47. The van der Waals surface area contributed by atoms with Crippen molar-refractivity contribution < 1.29 is 4.79 Å². The molecule has 0 atom stereocenters. The van der Waals surface area contributed by atoms with Crippen molar-refractivity contribution in [1.29, 1.82) is 0 Å². The molecule has 36 heavy (non-hydrogen) atoms. The molecule has 0 bridgehead atoms. The van der Waals surface area contributed by atoms with Crippen LogP contribution in [-0.4, -0.2) is 57.7 Å². The maximum Gasteiger partial charge on any atom is 0.273 e. The van der Waals surface area contributed by atoms with Crippen molar-refractivity contribution >= 4 is 39.0 Å². The molecule has 1 fully saturated rings. The fourth-order valence-electron chi connectivity index (χ4n) is 4.57. The molecule has 1 aliphatic rings. The Hall–Kier alpha value is -3.23. The van der Waals surface area contributed by atoms with Crippen LogP contribution < -0.4 is 10.2 Å². The largest absolute Gasteiger partial charge is 0.353 e. The van der Waals surface area contributed by atoms with Gasteiger partial charge in [-0.3, -0.25) is 14.4 Å². The summed E-state index contributed by atoms with van der Waals surface area (Å²) >= 11 is 1.59. The van der Waals surface area contributed by atoms with E-state index in [9.17, 15) is 4.79 Å². The highest BCUT2D eigenvalue weighted by Gasteiger charge is 2.22. The number of carbonyl (C=O) groups is 1. The number of piperazine rings is 1. The number of carbonyl (C=O) groups excluding carboxylic acids is 1. The topological polar surface area (TPSA) is 66.3 Å². The molecule has 4 aromatic rings. The van der Waals surface area contributed by atoms with E-state index < -0.39 is 0 Å². The molecule has 1 aliphatic heterocycles. The Kier molecular flexibility index (Phi) is 6.81. The Bertz CT molecular complexity index is 1340. The maximum absolute atomic E-state index is 12.8. The van der Waals surface area contributed by atoms with Gasteiger partial charge in [0, 0.05) is 56.3 Å². The molecule has 1 N–H and O–H groups in total. The minimum Gasteiger partial charge on any atom is -0.353 e. The second-order valence-corrected chi connectivity index (χ2v) is 11.3. The first kappa shape index (κ1) is 24.5. The van der Waals surface area contributed by atoms with E-state index in [2.05, 4.69) is 77.4 Å². The molecule has 8 heteroatoms. The third kappa shape index (κ3) is 5.29. The van der Waals surface area contributed by atoms with Crippen molar-refractivity contribution in [1.82, 2.24) is 19.1 Å². The average molecular weight is 503 g/mol. The SMILES string of the molecule is Cn1nc(C(C)(C)C)cc1C(=O)Nc1ccc(CCN2CCN(c3nsc4ccccc34)CC2)cc1. The molecule has 2 aromatic heterocycles. The smallest absolute Gasteiger partial charge is 0.273 e. The molecule has 188 valence electrons. The zero-order valence-corrected chi connectivity index (χ0v) is 22.3. The Morgan fingerprint density at radius 1 is 1.03 bits per heavy atom. The number of benzene rings is 2. The molecular weight excluding hydrogens is 468 g/mol. The first-order valence-electron chi connectivity index (χ1n) is 12.5. The summed E-state index contributed by atoms with van der Waals surface area (Å²) in [5, 5.41) is 8.78. The number of anilines is 2. The van der Waals surface area contributed by atoms with E-state index in [-0.39, 0.29) is 11.3 Å². The van der Waals surface area contributed by atoms with Crippen LogP contribution in [0.1, 0.15) is 42.5 Å². The Morgan fingerprint density at radius 3 is 2.44 bits per heavy atom. The highest BCUT2D eigenvalue weighted by Crippen LogP contribution is 2.30. The third-order valence-electron chi connectivity index (χ3n) is 6.84. The molecule has 5 rings (SSSR count). The van der Waals surface area contributed by atoms with Crippen LogP contribution >= 0.6 is 11.5 Å². The van der Waals surface area contributed by atoms with Crippen molar-refractivity contribution in [2.45, 2.75) is 32.6 Å². The predicted octanol–water partition coefficient (Wildman–Crippen LogP) is 4.94. The van der Waals surface area contributed by atoms with Crippen LogP contribution in [0.25, 0.3) is 10.1 Å². The van der Waals surface area contributed by atoms with E-state index >= 15 is 0 Å². The van der Waals surface area contributed by atoms with Gasteiger partial charge < -0.3 is 10.2 Å². The summed E-state index contributed by atoms with van der Waals surface area (Å²) in [6.07, 6.45) is 0.991. The van der Waals surface area contributed by atoms with E-state index in [1.54, 1.807) is 16.2 Å². The van der Waals surface area contributed by atoms with Crippen molar-refractivity contribution in [2.75, 3.05) is 42.9 Å². The molecular formula is C28H34N6OS. The molecule has 0 saturated carbocycles. The molecule has 0 spiro atoms. The van der Waals surface area contributed by atoms with Crippen LogP contribution in [0.5, 0.6) is 0 Å². The van der Waals surface area contributed by atoms with E-state index in [0.29, 0.717) is 5.69 Å². The van der Waals surface area contributed by atoms with Crippen LogP contribution in [-0.2, 0) is 18.9 Å². The van der Waals surface area contributed by atoms with Crippen LogP contribution in [0.15, 0.2) is 54.6 Å². The van der Waals surface area contributed by atoms with E-state index in [0.717, 1.165) is 56.3 Å². The van der Waals surface area contributed by atoms with Crippen LogP contribution in [0.3, 0.4) is 0 Å². The average Bonchev–Trinajstić information content (AvgIpc) is 3.48.